The number of allylic oxidation sites excluding steroid dienone is 14. The number of likely N-dealkylation sites (N-methyl/N-ethyl adjacent to an activating group) is 1. The minimum atomic E-state index is -1.63. The zero-order valence-corrected chi connectivity index (χ0v) is 61.9. The molecule has 0 aliphatic carbocycles. The number of esters is 2. The lowest BCUT2D eigenvalue weighted by Gasteiger charge is -2.26. The Bertz CT molecular complexity index is 1810. The first-order valence-electron chi connectivity index (χ1n) is 39.7. The molecule has 0 fully saturated rings. The summed E-state index contributed by atoms with van der Waals surface area (Å²) in [6, 6.07) is 0. The van der Waals surface area contributed by atoms with Crippen LogP contribution in [0.3, 0.4) is 0 Å². The van der Waals surface area contributed by atoms with E-state index in [1.54, 1.807) is 0 Å². The van der Waals surface area contributed by atoms with Crippen LogP contribution < -0.4 is 5.11 Å². The van der Waals surface area contributed by atoms with Crippen LogP contribution in [0.15, 0.2) is 85.1 Å². The van der Waals surface area contributed by atoms with Crippen molar-refractivity contribution in [2.45, 2.75) is 386 Å². The van der Waals surface area contributed by atoms with Gasteiger partial charge in [-0.2, -0.15) is 0 Å². The van der Waals surface area contributed by atoms with E-state index in [1.165, 1.54) is 244 Å². The predicted molar refractivity (Wildman–Crippen MR) is 398 cm³/mol. The summed E-state index contributed by atoms with van der Waals surface area (Å²) in [4.78, 5) is 37.6. The zero-order chi connectivity index (χ0) is 67.5. The van der Waals surface area contributed by atoms with Crippen molar-refractivity contribution in [1.82, 2.24) is 0 Å². The Morgan fingerprint density at radius 2 is 0.613 bits per heavy atom. The number of rotatable bonds is 74. The molecule has 9 nitrogen and oxygen atoms in total. The largest absolute Gasteiger partial charge is 0.545 e. The maximum absolute atomic E-state index is 12.9. The highest BCUT2D eigenvalue weighted by Crippen LogP contribution is 2.19. The number of quaternary nitrogens is 1. The first-order valence-corrected chi connectivity index (χ1v) is 39.7. The Morgan fingerprint density at radius 1 is 0.333 bits per heavy atom. The average molecular weight is 1300 g/mol. The monoisotopic (exact) mass is 1300 g/mol. The highest BCUT2D eigenvalue weighted by Gasteiger charge is 2.22. The molecule has 2 unspecified atom stereocenters. The standard InChI is InChI=1S/C84H151NO8/c1-6-8-10-12-14-16-18-20-22-24-26-28-30-32-34-35-36-37-38-39-40-41-42-43-44-45-46-47-49-50-52-54-56-58-60-62-64-66-68-70-72-74-81(86)91-78-80(79-92-84(83(88)89)90-77-76-85(3,4)5)93-82(87)75-73-71-69-67-65-63-61-59-57-55-53-51-48-33-31-29-27-25-23-21-19-17-15-13-11-9-7-2/h9,11,15,17,21,23,27,29,33,48,53,55,59,61,80,84H,6-8,10,12-14,16,18-20,22,24-26,28,30-32,34-47,49-52,54,56-58,60,62-79H2,1-5H3/b11-9-,17-15-,23-21-,29-27-,48-33-,55-53-,61-59-. The highest BCUT2D eigenvalue weighted by molar-refractivity contribution is 5.70. The number of carbonyl (C=O) groups is 3. The zero-order valence-electron chi connectivity index (χ0n) is 61.9. The van der Waals surface area contributed by atoms with Crippen LogP contribution in [-0.2, 0) is 33.3 Å². The van der Waals surface area contributed by atoms with Gasteiger partial charge in [0, 0.05) is 12.8 Å². The van der Waals surface area contributed by atoms with Crippen molar-refractivity contribution in [3.05, 3.63) is 85.1 Å². The van der Waals surface area contributed by atoms with Gasteiger partial charge in [-0.25, -0.2) is 0 Å². The number of aliphatic carboxylic acids is 1. The van der Waals surface area contributed by atoms with Crippen LogP contribution in [0.2, 0.25) is 0 Å². The van der Waals surface area contributed by atoms with E-state index >= 15 is 0 Å². The summed E-state index contributed by atoms with van der Waals surface area (Å²) in [5.41, 5.74) is 0. The van der Waals surface area contributed by atoms with Crippen LogP contribution in [0.4, 0.5) is 0 Å². The Hall–Kier alpha value is -3.53. The van der Waals surface area contributed by atoms with Gasteiger partial charge < -0.3 is 33.3 Å². The number of hydrogen-bond acceptors (Lipinski definition) is 8. The van der Waals surface area contributed by atoms with E-state index in [4.69, 9.17) is 18.9 Å². The minimum absolute atomic E-state index is 0.141. The molecule has 0 aromatic heterocycles. The number of carboxylic acid groups (broad SMARTS) is 1. The topological polar surface area (TPSA) is 111 Å². The van der Waals surface area contributed by atoms with Crippen LogP contribution in [-0.4, -0.2) is 82.3 Å². The van der Waals surface area contributed by atoms with Gasteiger partial charge in [-0.1, -0.05) is 375 Å². The summed E-state index contributed by atoms with van der Waals surface area (Å²) in [5, 5.41) is 11.8. The summed E-state index contributed by atoms with van der Waals surface area (Å²) in [6.45, 7) is 4.66. The maximum Gasteiger partial charge on any atom is 0.306 e. The Kier molecular flexibility index (Phi) is 71.4. The summed E-state index contributed by atoms with van der Waals surface area (Å²) < 4.78 is 22.8. The minimum Gasteiger partial charge on any atom is -0.545 e. The van der Waals surface area contributed by atoms with Gasteiger partial charge in [0.15, 0.2) is 12.4 Å². The Labute approximate surface area is 576 Å². The molecule has 0 radical (unpaired) electrons. The lowest BCUT2D eigenvalue weighted by molar-refractivity contribution is -0.870. The van der Waals surface area contributed by atoms with E-state index in [9.17, 15) is 19.5 Å². The molecule has 0 amide bonds. The number of carboxylic acids is 1. The van der Waals surface area contributed by atoms with Crippen LogP contribution in [0.25, 0.3) is 0 Å². The maximum atomic E-state index is 12.9. The van der Waals surface area contributed by atoms with Crippen molar-refractivity contribution in [2.24, 2.45) is 0 Å². The highest BCUT2D eigenvalue weighted by atomic mass is 16.7. The van der Waals surface area contributed by atoms with E-state index in [2.05, 4.69) is 98.9 Å². The lowest BCUT2D eigenvalue weighted by Crippen LogP contribution is -2.44. The van der Waals surface area contributed by atoms with Crippen molar-refractivity contribution < 1.29 is 42.9 Å². The van der Waals surface area contributed by atoms with E-state index in [0.29, 0.717) is 17.4 Å². The second kappa shape index (κ2) is 74.3. The molecule has 0 aliphatic rings. The number of carbonyl (C=O) groups excluding carboxylic acids is 3. The SMILES string of the molecule is CC/C=C\C/C=C\C/C=C\C/C=C\C/C=C\C/C=C\C/C=C\CCCCCCCC(=O)OC(COC(=O)CCCCCCCCCCCCCCCCCCCCCCCCCCCCCCCCCCCCCCCCCCC)COC(OCC[N+](C)(C)C)C(=O)[O-]. The summed E-state index contributed by atoms with van der Waals surface area (Å²) >= 11 is 0. The first-order chi connectivity index (χ1) is 45.6. The van der Waals surface area contributed by atoms with E-state index < -0.39 is 24.3 Å². The van der Waals surface area contributed by atoms with Crippen LogP contribution in [0.5, 0.6) is 0 Å². The predicted octanol–water partition coefficient (Wildman–Crippen LogP) is 24.0. The molecule has 540 valence electrons. The van der Waals surface area contributed by atoms with E-state index in [1.807, 2.05) is 21.1 Å². The van der Waals surface area contributed by atoms with Crippen LogP contribution in [0.1, 0.15) is 373 Å². The molecule has 0 aromatic carbocycles. The smallest absolute Gasteiger partial charge is 0.306 e. The molecular formula is C84H151NO8. The summed E-state index contributed by atoms with van der Waals surface area (Å²) in [7, 11) is 5.93. The fraction of sp³-hybridized carbons (Fsp3) is 0.798. The number of unbranched alkanes of at least 4 members (excludes halogenated alkanes) is 45. The second-order valence-corrected chi connectivity index (χ2v) is 28.0. The van der Waals surface area contributed by atoms with Gasteiger partial charge in [-0.05, 0) is 70.6 Å². The van der Waals surface area contributed by atoms with Gasteiger partial charge in [-0.3, -0.25) is 9.59 Å². The molecule has 0 heterocycles. The molecule has 0 rings (SSSR count). The molecule has 0 aliphatic heterocycles. The van der Waals surface area contributed by atoms with Gasteiger partial charge in [0.1, 0.15) is 13.2 Å². The fourth-order valence-electron chi connectivity index (χ4n) is 11.6. The van der Waals surface area contributed by atoms with Gasteiger partial charge in [-0.15, -0.1) is 0 Å². The van der Waals surface area contributed by atoms with Crippen molar-refractivity contribution in [1.29, 1.82) is 0 Å². The third kappa shape index (κ3) is 75.7. The number of nitrogens with zero attached hydrogens (tertiary/aromatic N) is 1. The number of ether oxygens (including phenoxy) is 4. The Morgan fingerprint density at radius 3 is 0.914 bits per heavy atom. The van der Waals surface area contributed by atoms with Gasteiger partial charge >= 0.3 is 11.9 Å². The summed E-state index contributed by atoms with van der Waals surface area (Å²) in [6.07, 6.45) is 98.7. The van der Waals surface area contributed by atoms with E-state index in [-0.39, 0.29) is 38.6 Å². The van der Waals surface area contributed by atoms with Crippen molar-refractivity contribution in [3.8, 4) is 0 Å². The third-order valence-corrected chi connectivity index (χ3v) is 17.7. The normalized spacial score (nSPS) is 13.1. The van der Waals surface area contributed by atoms with Gasteiger partial charge in [0.2, 0.25) is 0 Å². The molecule has 0 saturated carbocycles. The fourth-order valence-corrected chi connectivity index (χ4v) is 11.6. The first kappa shape index (κ1) is 89.5. The van der Waals surface area contributed by atoms with E-state index in [0.717, 1.165) is 96.3 Å². The molecule has 0 saturated heterocycles. The van der Waals surface area contributed by atoms with Crippen molar-refractivity contribution >= 4 is 17.9 Å². The lowest BCUT2D eigenvalue weighted by atomic mass is 10.0. The molecule has 2 atom stereocenters. The Balaban J connectivity index is 3.98. The molecule has 9 heteroatoms. The van der Waals surface area contributed by atoms with Crippen molar-refractivity contribution in [2.75, 3.05) is 47.5 Å². The van der Waals surface area contributed by atoms with Crippen molar-refractivity contribution in [3.63, 3.8) is 0 Å². The van der Waals surface area contributed by atoms with Gasteiger partial charge in [0.25, 0.3) is 0 Å². The number of hydrogen-bond donors (Lipinski definition) is 0. The third-order valence-electron chi connectivity index (χ3n) is 17.7. The molecule has 0 bridgehead atoms. The average Bonchev–Trinajstić information content (AvgIpc) is 3.38. The van der Waals surface area contributed by atoms with Crippen LogP contribution in [0, 0.1) is 0 Å². The van der Waals surface area contributed by atoms with Crippen LogP contribution >= 0.6 is 0 Å². The van der Waals surface area contributed by atoms with Gasteiger partial charge in [0.05, 0.1) is 40.3 Å². The molecule has 93 heavy (non-hydrogen) atoms. The molecular weight excluding hydrogens is 1150 g/mol. The second-order valence-electron chi connectivity index (χ2n) is 28.0. The molecule has 0 aromatic rings. The summed E-state index contributed by atoms with van der Waals surface area (Å²) in [5.74, 6) is -2.30. The molecule has 0 spiro atoms. The quantitative estimate of drug-likeness (QED) is 0.0195. The molecule has 0 N–H and O–H groups in total.